The van der Waals surface area contributed by atoms with Gasteiger partial charge >= 0.3 is 0 Å². The van der Waals surface area contributed by atoms with E-state index in [4.69, 9.17) is 0 Å². The zero-order valence-corrected chi connectivity index (χ0v) is 20.6. The molecule has 31 heavy (non-hydrogen) atoms. The molecule has 0 aliphatic carbocycles. The van der Waals surface area contributed by atoms with Crippen LogP contribution in [-0.4, -0.2) is 57.3 Å². The predicted octanol–water partition coefficient (Wildman–Crippen LogP) is 4.76. The van der Waals surface area contributed by atoms with Crippen molar-refractivity contribution in [2.45, 2.75) is 42.7 Å². The van der Waals surface area contributed by atoms with E-state index in [0.717, 1.165) is 26.2 Å². The van der Waals surface area contributed by atoms with Crippen molar-refractivity contribution in [3.8, 4) is 11.1 Å². The summed E-state index contributed by atoms with van der Waals surface area (Å²) in [5.74, 6) is 0.667. The minimum atomic E-state index is 0.627. The SMILES string of the molecule is CC(C)N1CCC(c2ccc(-c3cc4c(N5CCNCC5)ccnn4c3)cc2)CC1I. The van der Waals surface area contributed by atoms with Gasteiger partial charge in [0.1, 0.15) is 0 Å². The van der Waals surface area contributed by atoms with Gasteiger partial charge in [0.25, 0.3) is 0 Å². The largest absolute Gasteiger partial charge is 0.367 e. The van der Waals surface area contributed by atoms with Crippen molar-refractivity contribution in [3.05, 3.63) is 54.4 Å². The molecule has 0 spiro atoms. The van der Waals surface area contributed by atoms with Gasteiger partial charge in [-0.1, -0.05) is 46.9 Å². The number of nitrogens with one attached hydrogen (secondary N) is 1. The summed E-state index contributed by atoms with van der Waals surface area (Å²) in [6.45, 7) is 9.99. The molecular weight excluding hydrogens is 497 g/mol. The maximum atomic E-state index is 4.57. The summed E-state index contributed by atoms with van der Waals surface area (Å²) in [5.41, 5.74) is 6.47. The van der Waals surface area contributed by atoms with Crippen LogP contribution in [0.5, 0.6) is 0 Å². The van der Waals surface area contributed by atoms with Crippen LogP contribution < -0.4 is 10.2 Å². The molecule has 1 aromatic carbocycles. The predicted molar refractivity (Wildman–Crippen MR) is 137 cm³/mol. The Balaban J connectivity index is 1.36. The fourth-order valence-electron chi connectivity index (χ4n) is 5.10. The van der Waals surface area contributed by atoms with E-state index in [-0.39, 0.29) is 0 Å². The number of piperidine rings is 1. The van der Waals surface area contributed by atoms with Crippen LogP contribution >= 0.6 is 22.6 Å². The second kappa shape index (κ2) is 9.08. The van der Waals surface area contributed by atoms with Gasteiger partial charge in [-0.3, -0.25) is 4.90 Å². The second-order valence-electron chi connectivity index (χ2n) is 9.12. The van der Waals surface area contributed by atoms with Gasteiger partial charge in [0.2, 0.25) is 0 Å². The number of halogens is 1. The third-order valence-electron chi connectivity index (χ3n) is 6.90. The van der Waals surface area contributed by atoms with Crippen LogP contribution in [0.2, 0.25) is 0 Å². The van der Waals surface area contributed by atoms with E-state index in [1.165, 1.54) is 47.3 Å². The highest BCUT2D eigenvalue weighted by molar-refractivity contribution is 14.1. The van der Waals surface area contributed by atoms with Gasteiger partial charge in [0.15, 0.2) is 0 Å². The molecule has 1 N–H and O–H groups in total. The number of rotatable bonds is 4. The summed E-state index contributed by atoms with van der Waals surface area (Å²) in [4.78, 5) is 5.09. The van der Waals surface area contributed by atoms with Crippen LogP contribution in [0.15, 0.2) is 48.8 Å². The molecule has 0 amide bonds. The molecule has 4 heterocycles. The van der Waals surface area contributed by atoms with Crippen molar-refractivity contribution in [3.63, 3.8) is 0 Å². The number of alkyl halides is 1. The number of anilines is 1. The van der Waals surface area contributed by atoms with E-state index in [9.17, 15) is 0 Å². The molecule has 0 radical (unpaired) electrons. The molecule has 5 nitrogen and oxygen atoms in total. The standard InChI is InChI=1S/C25H32IN5/c1-18(2)30-12-8-21(16-25(30)26)19-3-5-20(6-4-19)22-15-24-23(7-9-28-31(24)17-22)29-13-10-27-11-14-29/h3-7,9,15,17-18,21,25,27H,8,10-14,16H2,1-2H3. The van der Waals surface area contributed by atoms with Crippen molar-refractivity contribution in [1.82, 2.24) is 19.8 Å². The average molecular weight is 529 g/mol. The summed E-state index contributed by atoms with van der Waals surface area (Å²) in [6.07, 6.45) is 6.58. The highest BCUT2D eigenvalue weighted by Crippen LogP contribution is 2.36. The molecule has 164 valence electrons. The van der Waals surface area contributed by atoms with E-state index in [1.54, 1.807) is 0 Å². The van der Waals surface area contributed by atoms with E-state index in [0.29, 0.717) is 16.0 Å². The molecule has 3 aromatic rings. The summed E-state index contributed by atoms with van der Waals surface area (Å²) >= 11 is 2.63. The molecule has 2 fully saturated rings. The van der Waals surface area contributed by atoms with Gasteiger partial charge < -0.3 is 10.2 Å². The Morgan fingerprint density at radius 2 is 1.81 bits per heavy atom. The minimum absolute atomic E-state index is 0.627. The maximum absolute atomic E-state index is 4.57. The number of aromatic nitrogens is 2. The lowest BCUT2D eigenvalue weighted by Crippen LogP contribution is -2.43. The molecule has 0 bridgehead atoms. The molecule has 0 saturated carbocycles. The first-order valence-electron chi connectivity index (χ1n) is 11.5. The van der Waals surface area contributed by atoms with Gasteiger partial charge in [-0.15, -0.1) is 0 Å². The van der Waals surface area contributed by atoms with Crippen LogP contribution in [0.1, 0.15) is 38.2 Å². The van der Waals surface area contributed by atoms with Crippen molar-refractivity contribution >= 4 is 33.8 Å². The van der Waals surface area contributed by atoms with E-state index < -0.39 is 0 Å². The maximum Gasteiger partial charge on any atom is 0.0886 e. The second-order valence-corrected chi connectivity index (χ2v) is 10.6. The number of hydrogen-bond donors (Lipinski definition) is 1. The zero-order chi connectivity index (χ0) is 21.4. The van der Waals surface area contributed by atoms with E-state index in [1.807, 2.05) is 10.7 Å². The first kappa shape index (κ1) is 21.2. The highest BCUT2D eigenvalue weighted by atomic mass is 127. The molecule has 2 saturated heterocycles. The Bertz CT molecular complexity index is 1020. The Morgan fingerprint density at radius 3 is 2.52 bits per heavy atom. The summed E-state index contributed by atoms with van der Waals surface area (Å²) in [6, 6.07) is 14.4. The molecule has 2 aliphatic heterocycles. The molecular formula is C25H32IN5. The molecule has 5 rings (SSSR count). The topological polar surface area (TPSA) is 35.8 Å². The average Bonchev–Trinajstić information content (AvgIpc) is 3.24. The molecule has 2 aliphatic rings. The van der Waals surface area contributed by atoms with Crippen LogP contribution in [0.25, 0.3) is 16.6 Å². The monoisotopic (exact) mass is 529 g/mol. The van der Waals surface area contributed by atoms with Crippen LogP contribution in [0.4, 0.5) is 5.69 Å². The smallest absolute Gasteiger partial charge is 0.0886 e. The lowest BCUT2D eigenvalue weighted by Gasteiger charge is -2.39. The van der Waals surface area contributed by atoms with E-state index >= 15 is 0 Å². The Morgan fingerprint density at radius 1 is 1.03 bits per heavy atom. The van der Waals surface area contributed by atoms with Crippen molar-refractivity contribution in [2.75, 3.05) is 37.6 Å². The molecule has 6 heteroatoms. The molecule has 2 unspecified atom stereocenters. The van der Waals surface area contributed by atoms with Gasteiger partial charge in [0.05, 0.1) is 15.3 Å². The van der Waals surface area contributed by atoms with Crippen molar-refractivity contribution in [1.29, 1.82) is 0 Å². The van der Waals surface area contributed by atoms with Gasteiger partial charge in [-0.2, -0.15) is 5.10 Å². The van der Waals surface area contributed by atoms with Gasteiger partial charge in [-0.25, -0.2) is 4.52 Å². The van der Waals surface area contributed by atoms with Gasteiger partial charge in [-0.05, 0) is 55.9 Å². The Hall–Kier alpha value is -1.64. The number of benzene rings is 1. The lowest BCUT2D eigenvalue weighted by molar-refractivity contribution is 0.160. The van der Waals surface area contributed by atoms with Gasteiger partial charge in [0, 0.05) is 56.7 Å². The van der Waals surface area contributed by atoms with Crippen LogP contribution in [0, 0.1) is 0 Å². The minimum Gasteiger partial charge on any atom is -0.367 e. The first-order valence-corrected chi connectivity index (χ1v) is 12.8. The fourth-order valence-corrected chi connectivity index (χ4v) is 6.63. The quantitative estimate of drug-likeness (QED) is 0.301. The molecule has 2 aromatic heterocycles. The highest BCUT2D eigenvalue weighted by Gasteiger charge is 2.28. The first-order chi connectivity index (χ1) is 15.1. The van der Waals surface area contributed by atoms with Crippen LogP contribution in [0.3, 0.4) is 0 Å². The number of fused-ring (bicyclic) bond motifs is 1. The summed E-state index contributed by atoms with van der Waals surface area (Å²) < 4.78 is 2.66. The van der Waals surface area contributed by atoms with Crippen molar-refractivity contribution < 1.29 is 0 Å². The summed E-state index contributed by atoms with van der Waals surface area (Å²) in [5, 5.41) is 8.01. The number of nitrogens with zero attached hydrogens (tertiary/aromatic N) is 4. The normalized spacial score (nSPS) is 23.0. The lowest BCUT2D eigenvalue weighted by atomic mass is 9.88. The third kappa shape index (κ3) is 4.34. The zero-order valence-electron chi connectivity index (χ0n) is 18.5. The Kier molecular flexibility index (Phi) is 6.21. The van der Waals surface area contributed by atoms with Crippen molar-refractivity contribution in [2.24, 2.45) is 0 Å². The number of piperazine rings is 1. The third-order valence-corrected chi connectivity index (χ3v) is 8.12. The summed E-state index contributed by atoms with van der Waals surface area (Å²) in [7, 11) is 0. The fraction of sp³-hybridized carbons (Fsp3) is 0.480. The number of hydrogen-bond acceptors (Lipinski definition) is 4. The Labute approximate surface area is 198 Å². The molecule has 2 atom stereocenters. The van der Waals surface area contributed by atoms with Crippen LogP contribution in [-0.2, 0) is 0 Å². The van der Waals surface area contributed by atoms with E-state index in [2.05, 4.69) is 99.2 Å². The number of likely N-dealkylation sites (tertiary alicyclic amines) is 1.